The second-order valence-corrected chi connectivity index (χ2v) is 12.8. The molecule has 1 aromatic heterocycles. The molecular formula is C31H46N7O6S+. The summed E-state index contributed by atoms with van der Waals surface area (Å²) in [6.45, 7) is 5.91. The molecule has 1 aliphatic heterocycles. The van der Waals surface area contributed by atoms with Gasteiger partial charge in [0.2, 0.25) is 11.7 Å². The van der Waals surface area contributed by atoms with Crippen molar-refractivity contribution in [2.24, 2.45) is 17.4 Å². The van der Waals surface area contributed by atoms with Crippen molar-refractivity contribution in [1.29, 1.82) is 5.41 Å². The minimum absolute atomic E-state index is 0.0659. The number of hydrogen-bond acceptors (Lipinski definition) is 9. The van der Waals surface area contributed by atoms with Gasteiger partial charge in [-0.1, -0.05) is 38.8 Å². The molecule has 1 fully saturated rings. The van der Waals surface area contributed by atoms with Crippen molar-refractivity contribution >= 4 is 57.1 Å². The highest BCUT2D eigenvalue weighted by Gasteiger charge is 2.55. The SMILES string of the molecule is CCCC(CCC)C(=O)N(CCCC(NC(=O)[N+]1(C(=O)[C@@H](N)CC(=O)O)CCC[C@H]1C)C(=O)c1nc2ccccc2s1)C(=N)N. The largest absolute Gasteiger partial charge is 0.481 e. The lowest BCUT2D eigenvalue weighted by atomic mass is 9.96. The van der Waals surface area contributed by atoms with Crippen LogP contribution in [0, 0.1) is 11.3 Å². The number of fused-ring (bicyclic) bond motifs is 1. The minimum atomic E-state index is -1.40. The van der Waals surface area contributed by atoms with E-state index in [0.29, 0.717) is 31.2 Å². The standard InChI is InChI=1S/C31H45N7O6S/c1-4-10-20(11-5-2)28(42)37(30(33)34)16-8-14-23(26(41)27-35-22-13-6-7-15-24(22)45-27)36-31(44)38(17-9-12-19(38)3)29(43)21(32)18-25(39)40/h6-7,13,15,19-21,23H,4-5,8-12,14,16-18,32H2,1-3H3,(H4-,33,34,36,39,40,44)/p+1/t19-,21+,23?,38?/m1/s1. The first-order chi connectivity index (χ1) is 21.4. The van der Waals surface area contributed by atoms with Gasteiger partial charge < -0.3 is 16.6 Å². The summed E-state index contributed by atoms with van der Waals surface area (Å²) in [5, 5.41) is 20.3. The molecule has 4 amide bonds. The predicted octanol–water partition coefficient (Wildman–Crippen LogP) is 3.60. The average Bonchev–Trinajstić information content (AvgIpc) is 3.61. The van der Waals surface area contributed by atoms with E-state index in [1.165, 1.54) is 16.2 Å². The highest BCUT2D eigenvalue weighted by atomic mass is 32.1. The van der Waals surface area contributed by atoms with Crippen LogP contribution in [-0.2, 0) is 14.4 Å². The molecule has 4 atom stereocenters. The van der Waals surface area contributed by atoms with Gasteiger partial charge in [-0.05, 0) is 44.7 Å². The van der Waals surface area contributed by atoms with Gasteiger partial charge in [0, 0.05) is 25.3 Å². The fourth-order valence-electron chi connectivity index (χ4n) is 6.15. The van der Waals surface area contributed by atoms with Gasteiger partial charge in [-0.25, -0.2) is 14.6 Å². The Morgan fingerprint density at radius 3 is 2.38 bits per heavy atom. The molecule has 1 aromatic carbocycles. The molecular weight excluding hydrogens is 598 g/mol. The molecule has 1 saturated heterocycles. The van der Waals surface area contributed by atoms with Crippen LogP contribution < -0.4 is 16.8 Å². The van der Waals surface area contributed by atoms with Crippen molar-refractivity contribution in [3.8, 4) is 0 Å². The van der Waals surface area contributed by atoms with E-state index in [1.54, 1.807) is 13.0 Å². The Balaban J connectivity index is 1.90. The van der Waals surface area contributed by atoms with Crippen LogP contribution >= 0.6 is 11.3 Å². The van der Waals surface area contributed by atoms with E-state index < -0.39 is 52.7 Å². The maximum absolute atomic E-state index is 14.0. The lowest BCUT2D eigenvalue weighted by molar-refractivity contribution is -0.785. The number of nitrogens with one attached hydrogen (secondary N) is 2. The fraction of sp³-hybridized carbons (Fsp3) is 0.581. The number of imide groups is 1. The monoisotopic (exact) mass is 644 g/mol. The summed E-state index contributed by atoms with van der Waals surface area (Å²) < 4.78 is 0.0925. The van der Waals surface area contributed by atoms with E-state index in [2.05, 4.69) is 10.3 Å². The van der Waals surface area contributed by atoms with Crippen molar-refractivity contribution < 1.29 is 33.6 Å². The number of aromatic nitrogens is 1. The number of aliphatic carboxylic acids is 1. The lowest BCUT2D eigenvalue weighted by Crippen LogP contribution is -2.68. The Kier molecular flexibility index (Phi) is 12.7. The van der Waals surface area contributed by atoms with Gasteiger partial charge in [-0.3, -0.25) is 30.0 Å². The summed E-state index contributed by atoms with van der Waals surface area (Å²) in [6, 6.07) is 3.54. The van der Waals surface area contributed by atoms with E-state index in [1.807, 2.05) is 32.0 Å². The molecule has 0 bridgehead atoms. The van der Waals surface area contributed by atoms with Gasteiger partial charge in [0.05, 0.1) is 23.2 Å². The number of guanidine groups is 1. The Hall–Kier alpha value is -3.75. The third kappa shape index (κ3) is 8.30. The van der Waals surface area contributed by atoms with Crippen molar-refractivity contribution in [2.45, 2.75) is 96.7 Å². The van der Waals surface area contributed by atoms with Crippen LogP contribution in [0.25, 0.3) is 10.2 Å². The number of carboxylic acid groups (broad SMARTS) is 1. The number of quaternary nitrogens is 1. The van der Waals surface area contributed by atoms with Gasteiger partial charge in [0.25, 0.3) is 0 Å². The number of urea groups is 1. The summed E-state index contributed by atoms with van der Waals surface area (Å²) in [5.41, 5.74) is 12.4. The highest BCUT2D eigenvalue weighted by Crippen LogP contribution is 2.30. The number of carboxylic acids is 1. The fourth-order valence-corrected chi connectivity index (χ4v) is 7.11. The van der Waals surface area contributed by atoms with Gasteiger partial charge in [0.1, 0.15) is 18.1 Å². The molecule has 0 spiro atoms. The summed E-state index contributed by atoms with van der Waals surface area (Å²) in [5.74, 6) is -3.31. The summed E-state index contributed by atoms with van der Waals surface area (Å²) in [4.78, 5) is 71.8. The number of carbonyl (C=O) groups excluding carboxylic acids is 4. The topological polar surface area (TPSA) is 210 Å². The Morgan fingerprint density at radius 1 is 1.16 bits per heavy atom. The number of rotatable bonds is 15. The smallest absolute Gasteiger partial charge is 0.424 e. The van der Waals surface area contributed by atoms with Crippen molar-refractivity contribution in [1.82, 2.24) is 15.2 Å². The van der Waals surface area contributed by atoms with E-state index in [9.17, 15) is 29.1 Å². The molecule has 2 aromatic rings. The van der Waals surface area contributed by atoms with Gasteiger partial charge >= 0.3 is 17.9 Å². The van der Waals surface area contributed by atoms with Crippen LogP contribution in [0.3, 0.4) is 0 Å². The van der Waals surface area contributed by atoms with Crippen molar-refractivity contribution in [3.63, 3.8) is 0 Å². The summed E-state index contributed by atoms with van der Waals surface area (Å²) in [6.07, 6.45) is 3.71. The van der Waals surface area contributed by atoms with Crippen molar-refractivity contribution in [2.75, 3.05) is 13.1 Å². The molecule has 45 heavy (non-hydrogen) atoms. The molecule has 2 heterocycles. The number of ketones is 1. The minimum Gasteiger partial charge on any atom is -0.481 e. The van der Waals surface area contributed by atoms with Crippen LogP contribution in [0.15, 0.2) is 24.3 Å². The van der Waals surface area contributed by atoms with E-state index in [0.717, 1.165) is 17.5 Å². The Labute approximate surface area is 267 Å². The number of amides is 4. The third-order valence-corrected chi connectivity index (χ3v) is 9.58. The number of thiazole rings is 1. The molecule has 7 N–H and O–H groups in total. The lowest BCUT2D eigenvalue weighted by Gasteiger charge is -2.35. The predicted molar refractivity (Wildman–Crippen MR) is 171 cm³/mol. The number of nitrogens with two attached hydrogens (primary N) is 2. The van der Waals surface area contributed by atoms with Crippen LogP contribution in [0.2, 0.25) is 0 Å². The van der Waals surface area contributed by atoms with Gasteiger partial charge in [0.15, 0.2) is 11.0 Å². The molecule has 0 saturated carbocycles. The molecule has 1 aliphatic rings. The molecule has 13 nitrogen and oxygen atoms in total. The molecule has 246 valence electrons. The Morgan fingerprint density at radius 2 is 1.82 bits per heavy atom. The van der Waals surface area contributed by atoms with Crippen LogP contribution in [-0.4, -0.2) is 86.2 Å². The first-order valence-electron chi connectivity index (χ1n) is 15.6. The zero-order valence-electron chi connectivity index (χ0n) is 26.3. The van der Waals surface area contributed by atoms with E-state index in [-0.39, 0.29) is 48.7 Å². The number of benzene rings is 1. The maximum Gasteiger partial charge on any atom is 0.424 e. The molecule has 2 unspecified atom stereocenters. The summed E-state index contributed by atoms with van der Waals surface area (Å²) >= 11 is 1.19. The number of carbonyl (C=O) groups is 5. The van der Waals surface area contributed by atoms with E-state index in [4.69, 9.17) is 16.9 Å². The number of nitrogens with zero attached hydrogens (tertiary/aromatic N) is 3. The van der Waals surface area contributed by atoms with Gasteiger partial charge in [-0.2, -0.15) is 4.48 Å². The number of likely N-dealkylation sites (tertiary alicyclic amines) is 1. The van der Waals surface area contributed by atoms with E-state index >= 15 is 0 Å². The first-order valence-corrected chi connectivity index (χ1v) is 16.4. The highest BCUT2D eigenvalue weighted by molar-refractivity contribution is 7.20. The number of Topliss-reactive ketones (excluding diaryl/α,β-unsaturated/α-hetero) is 1. The zero-order chi connectivity index (χ0) is 33.3. The zero-order valence-corrected chi connectivity index (χ0v) is 27.1. The molecule has 0 aliphatic carbocycles. The van der Waals surface area contributed by atoms with Crippen LogP contribution in [0.4, 0.5) is 4.79 Å². The molecule has 3 rings (SSSR count). The molecule has 0 radical (unpaired) electrons. The number of hydrogen-bond donors (Lipinski definition) is 5. The molecule has 14 heteroatoms. The number of para-hydroxylation sites is 1. The Bertz CT molecular complexity index is 1370. The van der Waals surface area contributed by atoms with Crippen LogP contribution in [0.5, 0.6) is 0 Å². The van der Waals surface area contributed by atoms with Gasteiger partial charge in [-0.15, -0.1) is 11.3 Å². The summed E-state index contributed by atoms with van der Waals surface area (Å²) in [7, 11) is 0. The third-order valence-electron chi connectivity index (χ3n) is 8.53. The maximum atomic E-state index is 14.0. The average molecular weight is 645 g/mol. The quantitative estimate of drug-likeness (QED) is 0.0829. The normalized spacial score (nSPS) is 19.3. The second kappa shape index (κ2) is 16.0. The second-order valence-electron chi connectivity index (χ2n) is 11.8. The van der Waals surface area contributed by atoms with Crippen LogP contribution in [0.1, 0.15) is 88.4 Å². The van der Waals surface area contributed by atoms with Crippen molar-refractivity contribution in [3.05, 3.63) is 29.3 Å². The first kappa shape index (κ1) is 35.7.